The molecule has 0 amide bonds. The first-order valence-corrected chi connectivity index (χ1v) is 2.85. The van der Waals surface area contributed by atoms with Crippen molar-refractivity contribution < 1.29 is 9.90 Å². The molecule has 0 fully saturated rings. The molecule has 1 aromatic rings. The number of halogens is 1. The van der Waals surface area contributed by atoms with Gasteiger partial charge in [0.15, 0.2) is 5.82 Å². The average molecular weight is 163 g/mol. The van der Waals surface area contributed by atoms with E-state index in [2.05, 4.69) is 15.4 Å². The highest BCUT2D eigenvalue weighted by Gasteiger charge is 2.05. The third-order valence-corrected chi connectivity index (χ3v) is 0.985. The van der Waals surface area contributed by atoms with E-state index in [-0.39, 0.29) is 11.7 Å². The van der Waals surface area contributed by atoms with Gasteiger partial charge in [-0.3, -0.25) is 0 Å². The largest absolute Gasteiger partial charge is 0.462 e. The second-order valence-corrected chi connectivity index (χ2v) is 1.68. The number of carbonyl (C=O) groups is 1. The van der Waals surface area contributed by atoms with Crippen LogP contribution in [-0.2, 0) is 5.88 Å². The molecule has 0 unspecified atom stereocenters. The van der Waals surface area contributed by atoms with Gasteiger partial charge in [-0.1, -0.05) is 4.80 Å². The summed E-state index contributed by atoms with van der Waals surface area (Å²) >= 11 is 5.27. The summed E-state index contributed by atoms with van der Waals surface area (Å²) in [5.41, 5.74) is 0. The Morgan fingerprint density at radius 2 is 2.50 bits per heavy atom. The summed E-state index contributed by atoms with van der Waals surface area (Å²) in [6.07, 6.45) is -1.27. The van der Waals surface area contributed by atoms with Crippen LogP contribution in [0.5, 0.6) is 0 Å². The van der Waals surface area contributed by atoms with E-state index in [0.717, 1.165) is 0 Å². The molecule has 0 aliphatic rings. The Kier molecular flexibility index (Phi) is 1.81. The average Bonchev–Trinajstić information content (AvgIpc) is 2.34. The van der Waals surface area contributed by atoms with E-state index in [0.29, 0.717) is 4.80 Å². The zero-order valence-corrected chi connectivity index (χ0v) is 5.49. The van der Waals surface area contributed by atoms with Crippen molar-refractivity contribution in [1.82, 2.24) is 20.2 Å². The number of alkyl halides is 1. The van der Waals surface area contributed by atoms with Crippen molar-refractivity contribution in [2.24, 2.45) is 0 Å². The molecular weight excluding hydrogens is 160 g/mol. The molecular formula is C3H3ClN4O2. The van der Waals surface area contributed by atoms with E-state index >= 15 is 0 Å². The van der Waals surface area contributed by atoms with E-state index in [4.69, 9.17) is 16.7 Å². The first kappa shape index (κ1) is 6.94. The molecule has 1 aromatic heterocycles. The highest BCUT2D eigenvalue weighted by molar-refractivity contribution is 6.16. The number of nitrogens with zero attached hydrogens (tertiary/aromatic N) is 4. The molecule has 1 rings (SSSR count). The van der Waals surface area contributed by atoms with Crippen LogP contribution in [0.15, 0.2) is 0 Å². The number of carboxylic acid groups (broad SMARTS) is 1. The van der Waals surface area contributed by atoms with Crippen molar-refractivity contribution in [3.63, 3.8) is 0 Å². The van der Waals surface area contributed by atoms with Crippen molar-refractivity contribution in [2.75, 3.05) is 0 Å². The van der Waals surface area contributed by atoms with Gasteiger partial charge in [0.05, 0.1) is 5.88 Å². The number of tetrazole rings is 1. The summed E-state index contributed by atoms with van der Waals surface area (Å²) < 4.78 is 0. The molecule has 0 atom stereocenters. The van der Waals surface area contributed by atoms with Crippen LogP contribution in [0.2, 0.25) is 0 Å². The van der Waals surface area contributed by atoms with Crippen LogP contribution in [0.3, 0.4) is 0 Å². The minimum atomic E-state index is -1.27. The van der Waals surface area contributed by atoms with Gasteiger partial charge >= 0.3 is 6.09 Å². The highest BCUT2D eigenvalue weighted by atomic mass is 35.5. The van der Waals surface area contributed by atoms with Crippen LogP contribution >= 0.6 is 11.6 Å². The van der Waals surface area contributed by atoms with Gasteiger partial charge in [0, 0.05) is 0 Å². The molecule has 0 aromatic carbocycles. The molecule has 10 heavy (non-hydrogen) atoms. The Labute approximate surface area is 60.4 Å². The van der Waals surface area contributed by atoms with E-state index in [1.165, 1.54) is 0 Å². The predicted octanol–water partition coefficient (Wildman–Crippen LogP) is -0.0620. The molecule has 54 valence electrons. The summed E-state index contributed by atoms with van der Waals surface area (Å²) in [4.78, 5) is 10.5. The maximum atomic E-state index is 10.1. The van der Waals surface area contributed by atoms with Gasteiger partial charge in [0.1, 0.15) is 0 Å². The third kappa shape index (κ3) is 1.21. The van der Waals surface area contributed by atoms with Crippen molar-refractivity contribution in [3.8, 4) is 0 Å². The second-order valence-electron chi connectivity index (χ2n) is 1.41. The minimum Gasteiger partial charge on any atom is -0.462 e. The molecule has 0 bridgehead atoms. The maximum absolute atomic E-state index is 10.1. The fraction of sp³-hybridized carbons (Fsp3) is 0.333. The van der Waals surface area contributed by atoms with E-state index in [1.54, 1.807) is 0 Å². The second kappa shape index (κ2) is 2.61. The van der Waals surface area contributed by atoms with E-state index in [9.17, 15) is 4.79 Å². The van der Waals surface area contributed by atoms with Gasteiger partial charge in [0.2, 0.25) is 0 Å². The van der Waals surface area contributed by atoms with Crippen molar-refractivity contribution in [2.45, 2.75) is 5.88 Å². The van der Waals surface area contributed by atoms with E-state index in [1.807, 2.05) is 0 Å². The molecule has 0 aliphatic heterocycles. The number of hydrogen-bond donors (Lipinski definition) is 1. The molecule has 0 saturated carbocycles. The van der Waals surface area contributed by atoms with Gasteiger partial charge in [-0.2, -0.15) is 0 Å². The summed E-state index contributed by atoms with van der Waals surface area (Å²) in [7, 11) is 0. The lowest BCUT2D eigenvalue weighted by atomic mass is 10.8. The van der Waals surface area contributed by atoms with Crippen molar-refractivity contribution in [3.05, 3.63) is 5.82 Å². The van der Waals surface area contributed by atoms with Crippen LogP contribution in [0.4, 0.5) is 4.79 Å². The fourth-order valence-corrected chi connectivity index (χ4v) is 0.485. The molecule has 0 aliphatic carbocycles. The molecule has 0 spiro atoms. The van der Waals surface area contributed by atoms with Gasteiger partial charge in [-0.25, -0.2) is 4.79 Å². The Hall–Kier alpha value is -1.17. The maximum Gasteiger partial charge on any atom is 0.451 e. The van der Waals surface area contributed by atoms with Crippen LogP contribution < -0.4 is 0 Å². The zero-order chi connectivity index (χ0) is 7.56. The highest BCUT2D eigenvalue weighted by Crippen LogP contribution is 1.90. The number of hydrogen-bond acceptors (Lipinski definition) is 4. The Morgan fingerprint density at radius 1 is 1.80 bits per heavy atom. The molecule has 1 N–H and O–H groups in total. The van der Waals surface area contributed by atoms with Gasteiger partial charge in [-0.15, -0.1) is 21.8 Å². The lowest BCUT2D eigenvalue weighted by Gasteiger charge is -1.82. The normalized spacial score (nSPS) is 9.70. The van der Waals surface area contributed by atoms with Gasteiger partial charge in [-0.05, 0) is 5.21 Å². The van der Waals surface area contributed by atoms with Crippen molar-refractivity contribution in [1.29, 1.82) is 0 Å². The molecule has 1 heterocycles. The lowest BCUT2D eigenvalue weighted by Crippen LogP contribution is -2.11. The smallest absolute Gasteiger partial charge is 0.451 e. The van der Waals surface area contributed by atoms with Gasteiger partial charge < -0.3 is 5.11 Å². The SMILES string of the molecule is O=C(O)n1nnc(CCl)n1. The van der Waals surface area contributed by atoms with Crippen LogP contribution in [0.25, 0.3) is 0 Å². The monoisotopic (exact) mass is 162 g/mol. The molecule has 0 saturated heterocycles. The molecule has 0 radical (unpaired) electrons. The molecule has 6 nitrogen and oxygen atoms in total. The fourth-order valence-electron chi connectivity index (χ4n) is 0.378. The lowest BCUT2D eigenvalue weighted by molar-refractivity contribution is 0.187. The quantitative estimate of drug-likeness (QED) is 0.585. The topological polar surface area (TPSA) is 80.9 Å². The number of rotatable bonds is 1. The zero-order valence-electron chi connectivity index (χ0n) is 4.73. The number of aromatic nitrogens is 4. The Morgan fingerprint density at radius 3 is 2.80 bits per heavy atom. The van der Waals surface area contributed by atoms with Crippen LogP contribution in [0, 0.1) is 0 Å². The van der Waals surface area contributed by atoms with E-state index < -0.39 is 6.09 Å². The summed E-state index contributed by atoms with van der Waals surface area (Å²) in [6.45, 7) is 0. The predicted molar refractivity (Wildman–Crippen MR) is 30.8 cm³/mol. The summed E-state index contributed by atoms with van der Waals surface area (Å²) in [6, 6.07) is 0. The van der Waals surface area contributed by atoms with Crippen LogP contribution in [0.1, 0.15) is 5.82 Å². The van der Waals surface area contributed by atoms with Crippen molar-refractivity contribution >= 4 is 17.7 Å². The third-order valence-electron chi connectivity index (χ3n) is 0.746. The van der Waals surface area contributed by atoms with Crippen LogP contribution in [-0.4, -0.2) is 31.4 Å². The Balaban J connectivity index is 2.88. The standard InChI is InChI=1S/C3H3ClN4O2/c4-1-2-5-7-8(6-2)3(9)10/h1H2,(H,9,10). The minimum absolute atomic E-state index is 0.0628. The Bertz CT molecular complexity index is 246. The summed E-state index contributed by atoms with van der Waals surface area (Å²) in [5.74, 6) is 0.261. The van der Waals surface area contributed by atoms with Gasteiger partial charge in [0.25, 0.3) is 0 Å². The first-order valence-electron chi connectivity index (χ1n) is 2.32. The summed E-state index contributed by atoms with van der Waals surface area (Å²) in [5, 5.41) is 18.1. The first-order chi connectivity index (χ1) is 4.74. The molecule has 7 heteroatoms.